The third-order valence-electron chi connectivity index (χ3n) is 5.78. The van der Waals surface area contributed by atoms with Crippen molar-refractivity contribution in [1.29, 1.82) is 0 Å². The first-order valence-corrected chi connectivity index (χ1v) is 9.47. The predicted molar refractivity (Wildman–Crippen MR) is 96.4 cm³/mol. The van der Waals surface area contributed by atoms with Gasteiger partial charge in [0.15, 0.2) is 17.3 Å². The summed E-state index contributed by atoms with van der Waals surface area (Å²) in [5.74, 6) is -3.83. The third kappa shape index (κ3) is 2.96. The molecule has 6 nitrogen and oxygen atoms in total. The van der Waals surface area contributed by atoms with Gasteiger partial charge in [0, 0.05) is 23.8 Å². The van der Waals surface area contributed by atoms with Gasteiger partial charge in [0.1, 0.15) is 5.69 Å². The summed E-state index contributed by atoms with van der Waals surface area (Å²) >= 11 is 0. The van der Waals surface area contributed by atoms with E-state index in [4.69, 9.17) is 0 Å². The van der Waals surface area contributed by atoms with Gasteiger partial charge in [-0.1, -0.05) is 6.07 Å². The Labute approximate surface area is 160 Å². The number of halogens is 2. The molecule has 1 aromatic carbocycles. The zero-order valence-corrected chi connectivity index (χ0v) is 15.5. The van der Waals surface area contributed by atoms with E-state index in [-0.39, 0.29) is 29.9 Å². The number of aromatic nitrogens is 2. The maximum atomic E-state index is 14.3. The molecular formula is C20H21F2N3O3. The van der Waals surface area contributed by atoms with Crippen molar-refractivity contribution in [1.82, 2.24) is 14.7 Å². The monoisotopic (exact) mass is 389 g/mol. The first-order chi connectivity index (χ1) is 13.4. The number of carboxylic acids is 1. The third-order valence-corrected chi connectivity index (χ3v) is 5.78. The average molecular weight is 389 g/mol. The van der Waals surface area contributed by atoms with Crippen LogP contribution in [0.1, 0.15) is 47.9 Å². The van der Waals surface area contributed by atoms with Crippen LogP contribution in [0.25, 0.3) is 5.69 Å². The lowest BCUT2D eigenvalue weighted by Crippen LogP contribution is -2.47. The van der Waals surface area contributed by atoms with Crippen LogP contribution in [0.5, 0.6) is 0 Å². The number of carboxylic acid groups (broad SMARTS) is 1. The van der Waals surface area contributed by atoms with Crippen molar-refractivity contribution in [2.24, 2.45) is 5.92 Å². The Hall–Kier alpha value is -2.77. The van der Waals surface area contributed by atoms with E-state index in [1.165, 1.54) is 16.8 Å². The zero-order chi connectivity index (χ0) is 20.0. The number of carbonyl (C=O) groups is 2. The maximum Gasteiger partial charge on any atom is 0.308 e. The topological polar surface area (TPSA) is 75.4 Å². The van der Waals surface area contributed by atoms with Gasteiger partial charge in [-0.3, -0.25) is 9.59 Å². The highest BCUT2D eigenvalue weighted by molar-refractivity contribution is 5.95. The number of piperidine rings is 1. The van der Waals surface area contributed by atoms with E-state index in [1.807, 2.05) is 6.92 Å². The van der Waals surface area contributed by atoms with E-state index in [2.05, 4.69) is 5.10 Å². The SMILES string of the molecule is CC1CCC(C(=O)O)CN1C(=O)c1nn(-c2cccc(F)c2F)c2c1CCC2. The number of nitrogens with zero attached hydrogens (tertiary/aromatic N) is 3. The highest BCUT2D eigenvalue weighted by Crippen LogP contribution is 2.31. The van der Waals surface area contributed by atoms with Crippen molar-refractivity contribution in [2.45, 2.75) is 45.1 Å². The number of benzene rings is 1. The van der Waals surface area contributed by atoms with E-state index in [9.17, 15) is 23.5 Å². The molecule has 28 heavy (non-hydrogen) atoms. The number of carbonyl (C=O) groups excluding carboxylic acids is 1. The van der Waals surface area contributed by atoms with Gasteiger partial charge in [0.2, 0.25) is 0 Å². The Balaban J connectivity index is 1.74. The fourth-order valence-corrected chi connectivity index (χ4v) is 4.19. The molecule has 1 saturated heterocycles. The molecule has 8 heteroatoms. The van der Waals surface area contributed by atoms with Crippen molar-refractivity contribution >= 4 is 11.9 Å². The summed E-state index contributed by atoms with van der Waals surface area (Å²) in [6, 6.07) is 3.78. The second-order valence-electron chi connectivity index (χ2n) is 7.53. The van der Waals surface area contributed by atoms with Crippen molar-refractivity contribution in [3.63, 3.8) is 0 Å². The van der Waals surface area contributed by atoms with E-state index < -0.39 is 23.5 Å². The first-order valence-electron chi connectivity index (χ1n) is 9.47. The minimum absolute atomic E-state index is 0.0210. The molecule has 2 heterocycles. The molecule has 0 radical (unpaired) electrons. The van der Waals surface area contributed by atoms with Gasteiger partial charge >= 0.3 is 5.97 Å². The normalized spacial score (nSPS) is 21.6. The number of likely N-dealkylation sites (tertiary alicyclic amines) is 1. The van der Waals surface area contributed by atoms with Crippen LogP contribution in [0.15, 0.2) is 18.2 Å². The lowest BCUT2D eigenvalue weighted by Gasteiger charge is -2.36. The van der Waals surface area contributed by atoms with Gasteiger partial charge in [0.05, 0.1) is 5.92 Å². The maximum absolute atomic E-state index is 14.3. The molecule has 0 spiro atoms. The predicted octanol–water partition coefficient (Wildman–Crippen LogP) is 2.96. The molecule has 0 bridgehead atoms. The molecule has 1 aliphatic carbocycles. The molecule has 1 N–H and O–H groups in total. The summed E-state index contributed by atoms with van der Waals surface area (Å²) in [4.78, 5) is 26.2. The van der Waals surface area contributed by atoms with Crippen LogP contribution in [0.2, 0.25) is 0 Å². The number of hydrogen-bond donors (Lipinski definition) is 1. The molecule has 1 fully saturated rings. The molecule has 4 rings (SSSR count). The zero-order valence-electron chi connectivity index (χ0n) is 15.5. The van der Waals surface area contributed by atoms with Crippen LogP contribution in [0, 0.1) is 17.6 Å². The smallest absolute Gasteiger partial charge is 0.308 e. The van der Waals surface area contributed by atoms with Crippen LogP contribution >= 0.6 is 0 Å². The van der Waals surface area contributed by atoms with Crippen LogP contribution in [0.4, 0.5) is 8.78 Å². The first kappa shape index (κ1) is 18.6. The van der Waals surface area contributed by atoms with Crippen molar-refractivity contribution in [2.75, 3.05) is 6.54 Å². The standard InChI is InChI=1S/C20H21F2N3O3/c1-11-8-9-12(20(27)28)10-24(11)19(26)18-13-4-2-6-15(13)25(23-18)16-7-3-5-14(21)17(16)22/h3,5,7,11-12H,2,4,6,8-10H2,1H3,(H,27,28). The van der Waals surface area contributed by atoms with Gasteiger partial charge in [-0.2, -0.15) is 5.10 Å². The average Bonchev–Trinajstić information content (AvgIpc) is 3.26. The summed E-state index contributed by atoms with van der Waals surface area (Å²) in [5, 5.41) is 13.7. The summed E-state index contributed by atoms with van der Waals surface area (Å²) in [7, 11) is 0. The molecule has 1 aromatic heterocycles. The van der Waals surface area contributed by atoms with Crippen LogP contribution in [-0.2, 0) is 17.6 Å². The van der Waals surface area contributed by atoms with Crippen LogP contribution in [0.3, 0.4) is 0 Å². The Bertz CT molecular complexity index is 956. The van der Waals surface area contributed by atoms with E-state index in [0.717, 1.165) is 18.1 Å². The van der Waals surface area contributed by atoms with Gasteiger partial charge in [-0.15, -0.1) is 0 Å². The molecule has 1 aliphatic heterocycles. The van der Waals surface area contributed by atoms with Crippen molar-refractivity contribution in [3.8, 4) is 5.69 Å². The molecule has 2 unspecified atom stereocenters. The van der Waals surface area contributed by atoms with E-state index in [0.29, 0.717) is 31.4 Å². The van der Waals surface area contributed by atoms with Crippen molar-refractivity contribution in [3.05, 3.63) is 46.8 Å². The van der Waals surface area contributed by atoms with Crippen LogP contribution in [-0.4, -0.2) is 44.3 Å². The molecule has 1 amide bonds. The minimum atomic E-state index is -1.00. The van der Waals surface area contributed by atoms with Gasteiger partial charge in [0.25, 0.3) is 5.91 Å². The number of rotatable bonds is 3. The fraction of sp³-hybridized carbons (Fsp3) is 0.450. The minimum Gasteiger partial charge on any atom is -0.481 e. The molecule has 2 aromatic rings. The molecule has 2 aliphatic rings. The number of hydrogen-bond acceptors (Lipinski definition) is 3. The summed E-state index contributed by atoms with van der Waals surface area (Å²) in [5.41, 5.74) is 1.66. The highest BCUT2D eigenvalue weighted by Gasteiger charge is 2.36. The Morgan fingerprint density at radius 3 is 2.75 bits per heavy atom. The van der Waals surface area contributed by atoms with Crippen LogP contribution < -0.4 is 0 Å². The largest absolute Gasteiger partial charge is 0.481 e. The molecular weight excluding hydrogens is 368 g/mol. The Morgan fingerprint density at radius 1 is 1.21 bits per heavy atom. The highest BCUT2D eigenvalue weighted by atomic mass is 19.2. The second-order valence-corrected chi connectivity index (χ2v) is 7.53. The lowest BCUT2D eigenvalue weighted by molar-refractivity contribution is -0.143. The van der Waals surface area contributed by atoms with Gasteiger partial charge in [-0.25, -0.2) is 13.5 Å². The van der Waals surface area contributed by atoms with E-state index in [1.54, 1.807) is 4.90 Å². The number of aliphatic carboxylic acids is 1. The summed E-state index contributed by atoms with van der Waals surface area (Å²) in [6.45, 7) is 2.02. The van der Waals surface area contributed by atoms with E-state index >= 15 is 0 Å². The fourth-order valence-electron chi connectivity index (χ4n) is 4.19. The van der Waals surface area contributed by atoms with Crippen molar-refractivity contribution < 1.29 is 23.5 Å². The van der Waals surface area contributed by atoms with Gasteiger partial charge in [-0.05, 0) is 51.2 Å². The van der Waals surface area contributed by atoms with Gasteiger partial charge < -0.3 is 10.0 Å². The Morgan fingerprint density at radius 2 is 2.00 bits per heavy atom. The number of amides is 1. The molecule has 2 atom stereocenters. The summed E-state index contributed by atoms with van der Waals surface area (Å²) < 4.78 is 29.4. The lowest BCUT2D eigenvalue weighted by atomic mass is 9.93. The quantitative estimate of drug-likeness (QED) is 0.876. The summed E-state index contributed by atoms with van der Waals surface area (Å²) in [6.07, 6.45) is 3.19. The Kier molecular flexibility index (Phi) is 4.64. The number of fused-ring (bicyclic) bond motifs is 1. The molecule has 0 saturated carbocycles. The molecule has 148 valence electrons. The second kappa shape index (κ2) is 7.00.